The third kappa shape index (κ3) is 7.05. The van der Waals surface area contributed by atoms with Gasteiger partial charge in [-0.15, -0.1) is 0 Å². The van der Waals surface area contributed by atoms with E-state index in [1.807, 2.05) is 12.1 Å². The molecule has 266 valence electrons. The maximum Gasteiger partial charge on any atom is 0.410 e. The second kappa shape index (κ2) is 14.5. The van der Waals surface area contributed by atoms with Crippen LogP contribution in [0.4, 0.5) is 4.79 Å². The van der Waals surface area contributed by atoms with Gasteiger partial charge in [-0.2, -0.15) is 0 Å². The molecule has 0 aliphatic carbocycles. The first-order valence-electron chi connectivity index (χ1n) is 17.8. The van der Waals surface area contributed by atoms with Gasteiger partial charge in [0.15, 0.2) is 0 Å². The molecule has 2 aromatic carbocycles. The highest BCUT2D eigenvalue weighted by molar-refractivity contribution is 7.14. The molecule has 0 saturated carbocycles. The van der Waals surface area contributed by atoms with Crippen LogP contribution in [0.5, 0.6) is 5.75 Å². The average molecular weight is 718 g/mol. The maximum absolute atomic E-state index is 14.6. The van der Waals surface area contributed by atoms with Crippen molar-refractivity contribution in [3.8, 4) is 17.0 Å². The van der Waals surface area contributed by atoms with E-state index in [0.29, 0.717) is 58.4 Å². The monoisotopic (exact) mass is 717 g/mol. The molecule has 2 atom stereocenters. The highest BCUT2D eigenvalue weighted by atomic mass is 32.1. The van der Waals surface area contributed by atoms with Crippen molar-refractivity contribution < 1.29 is 19.0 Å². The van der Waals surface area contributed by atoms with Gasteiger partial charge in [0.1, 0.15) is 36.9 Å². The molecule has 2 saturated heterocycles. The molecule has 3 aliphatic rings. The molecule has 1 amide bonds. The van der Waals surface area contributed by atoms with Gasteiger partial charge in [-0.1, -0.05) is 62.4 Å². The number of carbonyl (C=O) groups is 1. The van der Waals surface area contributed by atoms with Crippen LogP contribution in [-0.2, 0) is 29.3 Å². The maximum atomic E-state index is 14.6. The fourth-order valence-electron chi connectivity index (χ4n) is 7.36. The van der Waals surface area contributed by atoms with E-state index in [1.165, 1.54) is 18.0 Å². The average Bonchev–Trinajstić information content (AvgIpc) is 3.64. The van der Waals surface area contributed by atoms with Crippen molar-refractivity contribution in [2.45, 2.75) is 89.7 Å². The first-order chi connectivity index (χ1) is 24.1. The van der Waals surface area contributed by atoms with E-state index in [-0.39, 0.29) is 48.8 Å². The zero-order valence-corrected chi connectivity index (χ0v) is 31.1. The second-order valence-corrected chi connectivity index (χ2v) is 21.6. The molecular formula is C37H47N5O6SSi. The zero-order valence-electron chi connectivity index (χ0n) is 29.3. The standard InChI is InChI=1S/C37H47N5O6SSi/c1-5-16-47-37(45)42-26-12-13-27(42)23-48-31-20-25(21-39-14-7-6-8-15-39)19-30-33(31)38-32(36(44)40(30)24-46-17-18-50(2,3)4)28-10-9-11-29-34(28)49-41(22-26)35(29)43/h5,9-11,19-20,26-27H,1,6-8,12-18,21-24H2,2-4H3. The fraction of sp³-hybridized carbons (Fsp3) is 0.514. The molecule has 13 heteroatoms. The fourth-order valence-corrected chi connectivity index (χ4v) is 9.28. The van der Waals surface area contributed by atoms with Gasteiger partial charge < -0.3 is 14.2 Å². The van der Waals surface area contributed by atoms with Crippen molar-refractivity contribution in [2.75, 3.05) is 32.9 Å². The van der Waals surface area contributed by atoms with Crippen molar-refractivity contribution in [1.29, 1.82) is 0 Å². The van der Waals surface area contributed by atoms with E-state index in [2.05, 4.69) is 37.2 Å². The van der Waals surface area contributed by atoms with Crippen LogP contribution in [-0.4, -0.2) is 82.5 Å². The summed E-state index contributed by atoms with van der Waals surface area (Å²) in [6, 6.07) is 9.99. The minimum atomic E-state index is -1.37. The van der Waals surface area contributed by atoms with Crippen molar-refractivity contribution in [1.82, 2.24) is 23.3 Å². The van der Waals surface area contributed by atoms with E-state index in [4.69, 9.17) is 19.2 Å². The summed E-state index contributed by atoms with van der Waals surface area (Å²) in [5.74, 6) is 0.560. The largest absolute Gasteiger partial charge is 0.489 e. The minimum Gasteiger partial charge on any atom is -0.489 e. The number of fused-ring (bicyclic) bond motifs is 5. The Hall–Kier alpha value is -3.78. The van der Waals surface area contributed by atoms with E-state index in [1.54, 1.807) is 31.6 Å². The van der Waals surface area contributed by atoms with E-state index >= 15 is 0 Å². The predicted octanol–water partition coefficient (Wildman–Crippen LogP) is 6.29. The molecule has 0 N–H and O–H groups in total. The molecular weight excluding hydrogens is 671 g/mol. The van der Waals surface area contributed by atoms with Crippen LogP contribution in [0.1, 0.15) is 37.7 Å². The van der Waals surface area contributed by atoms with E-state index in [9.17, 15) is 14.4 Å². The Balaban J connectivity index is 1.41. The molecule has 6 bridgehead atoms. The van der Waals surface area contributed by atoms with Crippen LogP contribution in [0, 0.1) is 0 Å². The van der Waals surface area contributed by atoms with Gasteiger partial charge in [-0.3, -0.25) is 27.9 Å². The summed E-state index contributed by atoms with van der Waals surface area (Å²) in [5.41, 5.74) is 2.66. The number of carbonyl (C=O) groups excluding carboxylic acids is 1. The number of likely N-dealkylation sites (tertiary alicyclic amines) is 1. The van der Waals surface area contributed by atoms with Gasteiger partial charge >= 0.3 is 6.09 Å². The smallest absolute Gasteiger partial charge is 0.410 e. The number of aromatic nitrogens is 3. The van der Waals surface area contributed by atoms with Crippen LogP contribution in [0.25, 0.3) is 32.4 Å². The Morgan fingerprint density at radius 3 is 2.68 bits per heavy atom. The molecule has 2 fully saturated rings. The molecule has 2 aromatic heterocycles. The highest BCUT2D eigenvalue weighted by Crippen LogP contribution is 2.35. The molecule has 4 aromatic rings. The van der Waals surface area contributed by atoms with Gasteiger partial charge in [0.05, 0.1) is 34.2 Å². The van der Waals surface area contributed by atoms with Gasteiger partial charge in [-0.25, -0.2) is 9.78 Å². The van der Waals surface area contributed by atoms with E-state index in [0.717, 1.165) is 44.1 Å². The van der Waals surface area contributed by atoms with Crippen molar-refractivity contribution >= 4 is 46.8 Å². The molecule has 50 heavy (non-hydrogen) atoms. The van der Waals surface area contributed by atoms with Gasteiger partial charge in [0, 0.05) is 26.8 Å². The zero-order chi connectivity index (χ0) is 35.0. The summed E-state index contributed by atoms with van der Waals surface area (Å²) in [7, 11) is -1.37. The predicted molar refractivity (Wildman–Crippen MR) is 200 cm³/mol. The number of hydrogen-bond acceptors (Lipinski definition) is 9. The molecule has 5 heterocycles. The van der Waals surface area contributed by atoms with Gasteiger partial charge in [-0.05, 0) is 68.6 Å². The Morgan fingerprint density at radius 2 is 1.90 bits per heavy atom. The summed E-state index contributed by atoms with van der Waals surface area (Å²) < 4.78 is 22.5. The molecule has 11 nitrogen and oxygen atoms in total. The number of ether oxygens (including phenoxy) is 3. The lowest BCUT2D eigenvalue weighted by molar-refractivity contribution is 0.0774. The lowest BCUT2D eigenvalue weighted by Gasteiger charge is -2.30. The number of benzene rings is 2. The molecule has 2 unspecified atom stereocenters. The van der Waals surface area contributed by atoms with Crippen LogP contribution in [0.15, 0.2) is 52.6 Å². The first kappa shape index (κ1) is 34.7. The third-order valence-corrected chi connectivity index (χ3v) is 12.9. The lowest BCUT2D eigenvalue weighted by Crippen LogP contribution is -2.46. The Kier molecular flexibility index (Phi) is 10.0. The van der Waals surface area contributed by atoms with Crippen LogP contribution in [0.3, 0.4) is 0 Å². The first-order valence-corrected chi connectivity index (χ1v) is 22.3. The topological polar surface area (TPSA) is 108 Å². The molecule has 3 aliphatic heterocycles. The minimum absolute atomic E-state index is 0.0718. The number of hydrogen-bond donors (Lipinski definition) is 0. The quantitative estimate of drug-likeness (QED) is 0.113. The van der Waals surface area contributed by atoms with E-state index < -0.39 is 14.2 Å². The van der Waals surface area contributed by atoms with Gasteiger partial charge in [0.25, 0.3) is 11.1 Å². The summed E-state index contributed by atoms with van der Waals surface area (Å²) >= 11 is 1.31. The number of piperidine rings is 1. The number of rotatable bonds is 9. The van der Waals surface area contributed by atoms with Crippen molar-refractivity contribution in [3.63, 3.8) is 0 Å². The molecule has 7 rings (SSSR count). The second-order valence-electron chi connectivity index (χ2n) is 14.9. The van der Waals surface area contributed by atoms with Crippen LogP contribution < -0.4 is 15.9 Å². The van der Waals surface area contributed by atoms with Crippen molar-refractivity contribution in [3.05, 3.63) is 69.3 Å². The molecule has 0 radical (unpaired) electrons. The number of nitrogens with zero attached hydrogens (tertiary/aromatic N) is 5. The SMILES string of the molecule is C=CCOC(=O)N1C2CCC1Cn1sc3c(cccc3c1=O)-c1nc3c(cc(CN4CCCCC4)cc3n(COCC[Si](C)(C)C)c1=O)OC2. The summed E-state index contributed by atoms with van der Waals surface area (Å²) in [6.45, 7) is 14.6. The van der Waals surface area contributed by atoms with Crippen LogP contribution in [0.2, 0.25) is 25.7 Å². The Labute approximate surface area is 297 Å². The summed E-state index contributed by atoms with van der Waals surface area (Å²) in [6.07, 6.45) is 6.06. The summed E-state index contributed by atoms with van der Waals surface area (Å²) in [5, 5.41) is 0.519. The number of amides is 1. The highest BCUT2D eigenvalue weighted by Gasteiger charge is 2.39. The Bertz CT molecular complexity index is 2030. The third-order valence-electron chi connectivity index (χ3n) is 10.0. The summed E-state index contributed by atoms with van der Waals surface area (Å²) in [4.78, 5) is 51.1. The molecule has 0 spiro atoms. The van der Waals surface area contributed by atoms with Crippen molar-refractivity contribution in [2.24, 2.45) is 0 Å². The lowest BCUT2D eigenvalue weighted by atomic mass is 10.1. The Morgan fingerprint density at radius 1 is 1.10 bits per heavy atom. The normalized spacial score (nSPS) is 19.6. The van der Waals surface area contributed by atoms with Gasteiger partial charge in [0.2, 0.25) is 0 Å². The van der Waals surface area contributed by atoms with Crippen LogP contribution >= 0.6 is 11.5 Å².